The van der Waals surface area contributed by atoms with Crippen LogP contribution in [0.3, 0.4) is 0 Å². The molecule has 1 aromatic heterocycles. The predicted octanol–water partition coefficient (Wildman–Crippen LogP) is 1.75. The molecule has 0 aliphatic rings. The smallest absolute Gasteiger partial charge is 0.352 e. The first-order chi connectivity index (χ1) is 5.24. The molecule has 1 heterocycles. The number of aromatic nitrogens is 1. The van der Waals surface area contributed by atoms with Crippen LogP contribution in [0.5, 0.6) is 0 Å². The number of hydrogen-bond donors (Lipinski definition) is 2. The van der Waals surface area contributed by atoms with E-state index in [2.05, 4.69) is 4.98 Å². The third-order valence-electron chi connectivity index (χ3n) is 1.29. The molecule has 3 heteroatoms. The van der Waals surface area contributed by atoms with E-state index in [0.29, 0.717) is 0 Å². The first-order valence-electron chi connectivity index (χ1n) is 3.28. The van der Waals surface area contributed by atoms with E-state index in [-0.39, 0.29) is 5.69 Å². The van der Waals surface area contributed by atoms with Crippen LogP contribution in [0.2, 0.25) is 0 Å². The lowest BCUT2D eigenvalue weighted by atomic mass is 10.3. The summed E-state index contributed by atoms with van der Waals surface area (Å²) >= 11 is 0. The normalized spacial score (nSPS) is 10.6. The summed E-state index contributed by atoms with van der Waals surface area (Å²) in [4.78, 5) is 13.0. The van der Waals surface area contributed by atoms with E-state index in [4.69, 9.17) is 5.11 Å². The highest BCUT2D eigenvalue weighted by Gasteiger charge is 2.02. The highest BCUT2D eigenvalue weighted by Crippen LogP contribution is 2.04. The fourth-order valence-electron chi connectivity index (χ4n) is 0.823. The summed E-state index contributed by atoms with van der Waals surface area (Å²) in [5.41, 5.74) is 1.10. The van der Waals surface area contributed by atoms with Gasteiger partial charge in [-0.2, -0.15) is 0 Å². The molecule has 0 saturated heterocycles. The molecule has 0 spiro atoms. The molecule has 0 unspecified atom stereocenters. The van der Waals surface area contributed by atoms with Crippen LogP contribution in [-0.4, -0.2) is 16.1 Å². The van der Waals surface area contributed by atoms with Crippen LogP contribution in [0.4, 0.5) is 0 Å². The van der Waals surface area contributed by atoms with Crippen molar-refractivity contribution in [3.8, 4) is 0 Å². The summed E-state index contributed by atoms with van der Waals surface area (Å²) < 4.78 is 0. The molecule has 0 amide bonds. The van der Waals surface area contributed by atoms with Gasteiger partial charge in [-0.15, -0.1) is 0 Å². The Hall–Kier alpha value is -1.51. The van der Waals surface area contributed by atoms with Crippen molar-refractivity contribution >= 4 is 12.0 Å². The molecule has 2 N–H and O–H groups in total. The predicted molar refractivity (Wildman–Crippen MR) is 42.5 cm³/mol. The summed E-state index contributed by atoms with van der Waals surface area (Å²) in [6.07, 6.45) is 5.35. The number of carboxylic acids is 1. The molecular formula is C8H9NO2. The lowest BCUT2D eigenvalue weighted by Gasteiger charge is -1.81. The molecular weight excluding hydrogens is 142 g/mol. The van der Waals surface area contributed by atoms with Gasteiger partial charge in [-0.05, 0) is 18.6 Å². The van der Waals surface area contributed by atoms with E-state index in [9.17, 15) is 4.79 Å². The summed E-state index contributed by atoms with van der Waals surface area (Å²) in [5, 5.41) is 8.51. The number of nitrogens with one attached hydrogen (secondary N) is 1. The molecule has 3 nitrogen and oxygen atoms in total. The number of aromatic carboxylic acids is 1. The zero-order valence-electron chi connectivity index (χ0n) is 6.16. The molecule has 0 fully saturated rings. The molecule has 1 aromatic rings. The van der Waals surface area contributed by atoms with Gasteiger partial charge >= 0.3 is 5.97 Å². The Morgan fingerprint density at radius 3 is 2.91 bits per heavy atom. The minimum atomic E-state index is -0.930. The quantitative estimate of drug-likeness (QED) is 0.676. The molecule has 0 aliphatic heterocycles. The maximum absolute atomic E-state index is 10.4. The first kappa shape index (κ1) is 7.60. The van der Waals surface area contributed by atoms with Crippen molar-refractivity contribution in [2.45, 2.75) is 6.92 Å². The Balaban J connectivity index is 2.90. The topological polar surface area (TPSA) is 53.1 Å². The van der Waals surface area contributed by atoms with Crippen molar-refractivity contribution in [1.82, 2.24) is 4.98 Å². The van der Waals surface area contributed by atoms with Gasteiger partial charge in [0, 0.05) is 6.20 Å². The minimum absolute atomic E-state index is 0.220. The number of aromatic amines is 1. The van der Waals surface area contributed by atoms with Crippen molar-refractivity contribution < 1.29 is 9.90 Å². The van der Waals surface area contributed by atoms with Gasteiger partial charge in [0.2, 0.25) is 0 Å². The van der Waals surface area contributed by atoms with Crippen LogP contribution in [0.15, 0.2) is 18.3 Å². The zero-order chi connectivity index (χ0) is 8.27. The number of hydrogen-bond acceptors (Lipinski definition) is 1. The molecule has 0 bridgehead atoms. The van der Waals surface area contributed by atoms with Crippen LogP contribution in [0.25, 0.3) is 6.08 Å². The Labute approximate surface area is 64.4 Å². The van der Waals surface area contributed by atoms with Gasteiger partial charge in [0.05, 0.1) is 0 Å². The molecule has 1 rings (SSSR count). The Morgan fingerprint density at radius 2 is 2.45 bits per heavy atom. The van der Waals surface area contributed by atoms with E-state index in [1.54, 1.807) is 12.3 Å². The van der Waals surface area contributed by atoms with E-state index < -0.39 is 5.97 Å². The maximum atomic E-state index is 10.4. The third-order valence-corrected chi connectivity index (χ3v) is 1.29. The number of carbonyl (C=O) groups is 1. The number of carboxylic acid groups (broad SMARTS) is 1. The van der Waals surface area contributed by atoms with Crippen molar-refractivity contribution in [1.29, 1.82) is 0 Å². The van der Waals surface area contributed by atoms with E-state index >= 15 is 0 Å². The van der Waals surface area contributed by atoms with Crippen molar-refractivity contribution in [3.05, 3.63) is 29.6 Å². The van der Waals surface area contributed by atoms with Crippen LogP contribution in [-0.2, 0) is 0 Å². The number of H-pyrrole nitrogens is 1. The van der Waals surface area contributed by atoms with Gasteiger partial charge in [-0.25, -0.2) is 4.79 Å². The molecule has 0 aromatic carbocycles. The van der Waals surface area contributed by atoms with Crippen LogP contribution < -0.4 is 0 Å². The van der Waals surface area contributed by atoms with E-state index in [1.807, 2.05) is 19.1 Å². The Bertz CT molecular complexity index is 286. The third kappa shape index (κ3) is 1.70. The van der Waals surface area contributed by atoms with Crippen molar-refractivity contribution in [2.75, 3.05) is 0 Å². The Morgan fingerprint density at radius 1 is 1.73 bits per heavy atom. The Kier molecular flexibility index (Phi) is 2.11. The van der Waals surface area contributed by atoms with Gasteiger partial charge < -0.3 is 10.1 Å². The molecule has 58 valence electrons. The van der Waals surface area contributed by atoms with Crippen LogP contribution in [0.1, 0.15) is 23.0 Å². The van der Waals surface area contributed by atoms with Gasteiger partial charge in [0.25, 0.3) is 0 Å². The van der Waals surface area contributed by atoms with E-state index in [0.717, 1.165) is 5.56 Å². The van der Waals surface area contributed by atoms with Gasteiger partial charge in [-0.1, -0.05) is 12.2 Å². The maximum Gasteiger partial charge on any atom is 0.352 e. The highest BCUT2D eigenvalue weighted by molar-refractivity contribution is 5.86. The minimum Gasteiger partial charge on any atom is -0.477 e. The summed E-state index contributed by atoms with van der Waals surface area (Å²) in [7, 11) is 0. The SMILES string of the molecule is C/C=C/c1c[nH]c(C(=O)O)c1. The largest absolute Gasteiger partial charge is 0.477 e. The molecule has 11 heavy (non-hydrogen) atoms. The lowest BCUT2D eigenvalue weighted by molar-refractivity contribution is 0.0691. The summed E-state index contributed by atoms with van der Waals surface area (Å²) in [5.74, 6) is -0.930. The number of rotatable bonds is 2. The van der Waals surface area contributed by atoms with Gasteiger partial charge in [0.1, 0.15) is 5.69 Å². The molecule has 0 radical (unpaired) electrons. The second-order valence-corrected chi connectivity index (χ2v) is 2.15. The van der Waals surface area contributed by atoms with Gasteiger partial charge in [0.15, 0.2) is 0 Å². The highest BCUT2D eigenvalue weighted by atomic mass is 16.4. The summed E-state index contributed by atoms with van der Waals surface area (Å²) in [6, 6.07) is 1.59. The van der Waals surface area contributed by atoms with Gasteiger partial charge in [-0.3, -0.25) is 0 Å². The molecule has 0 saturated carbocycles. The second kappa shape index (κ2) is 3.05. The average molecular weight is 151 g/mol. The number of allylic oxidation sites excluding steroid dienone is 1. The second-order valence-electron chi connectivity index (χ2n) is 2.15. The van der Waals surface area contributed by atoms with Crippen LogP contribution >= 0.6 is 0 Å². The monoisotopic (exact) mass is 151 g/mol. The fourth-order valence-corrected chi connectivity index (χ4v) is 0.823. The fraction of sp³-hybridized carbons (Fsp3) is 0.125. The average Bonchev–Trinajstić information content (AvgIpc) is 2.37. The molecule has 0 atom stereocenters. The van der Waals surface area contributed by atoms with Crippen molar-refractivity contribution in [3.63, 3.8) is 0 Å². The lowest BCUT2D eigenvalue weighted by Crippen LogP contribution is -1.94. The van der Waals surface area contributed by atoms with E-state index in [1.165, 1.54) is 0 Å². The van der Waals surface area contributed by atoms with Crippen LogP contribution in [0, 0.1) is 0 Å². The zero-order valence-corrected chi connectivity index (χ0v) is 6.16. The van der Waals surface area contributed by atoms with Crippen molar-refractivity contribution in [2.24, 2.45) is 0 Å². The first-order valence-corrected chi connectivity index (χ1v) is 3.28. The summed E-state index contributed by atoms with van der Waals surface area (Å²) in [6.45, 7) is 1.88. The standard InChI is InChI=1S/C8H9NO2/c1-2-3-6-4-7(8(10)11)9-5-6/h2-5,9H,1H3,(H,10,11)/b3-2+. The molecule has 0 aliphatic carbocycles.